The van der Waals surface area contributed by atoms with Gasteiger partial charge in [-0.15, -0.1) is 0 Å². The van der Waals surface area contributed by atoms with E-state index in [1.165, 1.54) is 56.3 Å². The summed E-state index contributed by atoms with van der Waals surface area (Å²) in [5.41, 5.74) is 5.66. The van der Waals surface area contributed by atoms with E-state index in [4.69, 9.17) is 5.73 Å². The number of carbonyl (C=O) groups is 3. The summed E-state index contributed by atoms with van der Waals surface area (Å²) < 4.78 is 0. The third-order valence-corrected chi connectivity index (χ3v) is 7.33. The first-order chi connectivity index (χ1) is 16.6. The second kappa shape index (κ2) is 16.9. The van der Waals surface area contributed by atoms with Gasteiger partial charge in [-0.05, 0) is 38.6 Å². The molecule has 0 bridgehead atoms. The van der Waals surface area contributed by atoms with E-state index in [-0.39, 0.29) is 36.5 Å². The maximum absolute atomic E-state index is 13.0. The molecule has 2 rings (SSSR count). The van der Waals surface area contributed by atoms with Crippen molar-refractivity contribution in [3.05, 3.63) is 0 Å². The third kappa shape index (κ3) is 10.3. The van der Waals surface area contributed by atoms with Crippen molar-refractivity contribution in [2.45, 2.75) is 135 Å². The van der Waals surface area contributed by atoms with Crippen molar-refractivity contribution in [3.8, 4) is 0 Å². The van der Waals surface area contributed by atoms with Crippen LogP contribution in [-0.2, 0) is 9.59 Å². The highest BCUT2D eigenvalue weighted by Crippen LogP contribution is 2.26. The van der Waals surface area contributed by atoms with Gasteiger partial charge in [-0.2, -0.15) is 0 Å². The van der Waals surface area contributed by atoms with E-state index in [0.29, 0.717) is 19.5 Å². The fourth-order valence-electron chi connectivity index (χ4n) is 5.31. The first kappa shape index (κ1) is 28.6. The number of nitrogens with zero attached hydrogens (tertiary/aromatic N) is 2. The SMILES string of the molecule is CCCCCCCCCCCC(=O)N[C@@H](CCCCN)CN1CC(=O)N(C2CCCCC2)C1=O. The Morgan fingerprint density at radius 3 is 2.24 bits per heavy atom. The Morgan fingerprint density at radius 2 is 1.59 bits per heavy atom. The monoisotopic (exact) mass is 478 g/mol. The Kier molecular flexibility index (Phi) is 14.2. The molecule has 4 amide bonds. The van der Waals surface area contributed by atoms with Crippen LogP contribution in [0.4, 0.5) is 4.79 Å². The first-order valence-corrected chi connectivity index (χ1v) is 14.2. The predicted octanol–water partition coefficient (Wildman–Crippen LogP) is 5.12. The largest absolute Gasteiger partial charge is 0.352 e. The Hall–Kier alpha value is -1.63. The summed E-state index contributed by atoms with van der Waals surface area (Å²) in [7, 11) is 0. The van der Waals surface area contributed by atoms with E-state index in [0.717, 1.165) is 57.8 Å². The summed E-state index contributed by atoms with van der Waals surface area (Å²) in [4.78, 5) is 41.4. The van der Waals surface area contributed by atoms with Crippen LogP contribution in [0.15, 0.2) is 0 Å². The molecule has 196 valence electrons. The lowest BCUT2D eigenvalue weighted by Gasteiger charge is -2.30. The van der Waals surface area contributed by atoms with Crippen molar-refractivity contribution in [1.29, 1.82) is 0 Å². The van der Waals surface area contributed by atoms with Crippen LogP contribution in [0, 0.1) is 0 Å². The summed E-state index contributed by atoms with van der Waals surface area (Å²) in [5, 5.41) is 3.15. The normalized spacial score (nSPS) is 18.1. The molecule has 1 atom stereocenters. The number of unbranched alkanes of at least 4 members (excludes halogenated alkanes) is 9. The standard InChI is InChI=1S/C27H50N4O3/c1-2-3-4-5-6-7-8-9-13-19-25(32)29-23(16-14-15-20-28)21-30-22-26(33)31(27(30)34)24-17-11-10-12-18-24/h23-24H,2-22,28H2,1H3,(H,29,32)/t23-/m0/s1. The second-order valence-corrected chi connectivity index (χ2v) is 10.3. The van der Waals surface area contributed by atoms with Gasteiger partial charge >= 0.3 is 6.03 Å². The lowest BCUT2D eigenvalue weighted by atomic mass is 9.94. The zero-order valence-electron chi connectivity index (χ0n) is 21.7. The zero-order chi connectivity index (χ0) is 24.6. The quantitative estimate of drug-likeness (QED) is 0.211. The number of urea groups is 1. The third-order valence-electron chi connectivity index (χ3n) is 7.33. The summed E-state index contributed by atoms with van der Waals surface area (Å²) in [6.45, 7) is 3.40. The molecule has 2 fully saturated rings. The van der Waals surface area contributed by atoms with Crippen molar-refractivity contribution in [2.75, 3.05) is 19.6 Å². The van der Waals surface area contributed by atoms with Crippen molar-refractivity contribution < 1.29 is 14.4 Å². The molecule has 0 radical (unpaired) electrons. The molecule has 3 N–H and O–H groups in total. The summed E-state index contributed by atoms with van der Waals surface area (Å²) in [6.07, 6.45) is 19.3. The molecule has 0 spiro atoms. The van der Waals surface area contributed by atoms with Crippen LogP contribution < -0.4 is 11.1 Å². The van der Waals surface area contributed by atoms with Gasteiger partial charge in [0.2, 0.25) is 5.91 Å². The summed E-state index contributed by atoms with van der Waals surface area (Å²) in [5.74, 6) is -0.0265. The maximum Gasteiger partial charge on any atom is 0.327 e. The summed E-state index contributed by atoms with van der Waals surface area (Å²) >= 11 is 0. The molecule has 7 nitrogen and oxygen atoms in total. The van der Waals surface area contributed by atoms with E-state index in [9.17, 15) is 14.4 Å². The Bertz CT molecular complexity index is 607. The van der Waals surface area contributed by atoms with Crippen LogP contribution in [0.2, 0.25) is 0 Å². The zero-order valence-corrected chi connectivity index (χ0v) is 21.7. The minimum Gasteiger partial charge on any atom is -0.352 e. The number of hydrogen-bond acceptors (Lipinski definition) is 4. The maximum atomic E-state index is 13.0. The van der Waals surface area contributed by atoms with Gasteiger partial charge < -0.3 is 16.0 Å². The molecule has 1 aliphatic carbocycles. The number of nitrogens with one attached hydrogen (secondary N) is 1. The van der Waals surface area contributed by atoms with Crippen molar-refractivity contribution in [2.24, 2.45) is 5.73 Å². The van der Waals surface area contributed by atoms with Gasteiger partial charge in [-0.3, -0.25) is 14.5 Å². The predicted molar refractivity (Wildman–Crippen MR) is 137 cm³/mol. The number of rotatable bonds is 18. The number of amides is 4. The van der Waals surface area contributed by atoms with E-state index in [1.807, 2.05) is 0 Å². The van der Waals surface area contributed by atoms with Crippen LogP contribution in [0.5, 0.6) is 0 Å². The Labute approximate surface area is 207 Å². The topological polar surface area (TPSA) is 95.7 Å². The highest BCUT2D eigenvalue weighted by atomic mass is 16.2. The molecule has 0 aromatic rings. The fraction of sp³-hybridized carbons (Fsp3) is 0.889. The van der Waals surface area contributed by atoms with Gasteiger partial charge in [-0.1, -0.05) is 84.0 Å². The molecular formula is C27H50N4O3. The minimum absolute atomic E-state index is 0.0516. The first-order valence-electron chi connectivity index (χ1n) is 14.2. The molecule has 0 aromatic heterocycles. The van der Waals surface area contributed by atoms with Gasteiger partial charge in [0.1, 0.15) is 6.54 Å². The molecular weight excluding hydrogens is 428 g/mol. The van der Waals surface area contributed by atoms with Crippen molar-refractivity contribution in [3.63, 3.8) is 0 Å². The van der Waals surface area contributed by atoms with Gasteiger partial charge in [-0.25, -0.2) is 4.79 Å². The molecule has 2 aliphatic rings. The average Bonchev–Trinajstić information content (AvgIpc) is 3.11. The molecule has 0 unspecified atom stereocenters. The highest BCUT2D eigenvalue weighted by molar-refractivity contribution is 6.02. The van der Waals surface area contributed by atoms with Crippen LogP contribution >= 0.6 is 0 Å². The number of imide groups is 1. The van der Waals surface area contributed by atoms with Crippen molar-refractivity contribution >= 4 is 17.8 Å². The molecule has 1 heterocycles. The second-order valence-electron chi connectivity index (χ2n) is 10.3. The minimum atomic E-state index is -0.172. The molecule has 0 aromatic carbocycles. The molecule has 1 saturated carbocycles. The van der Waals surface area contributed by atoms with Gasteiger partial charge in [0.15, 0.2) is 0 Å². The molecule has 34 heavy (non-hydrogen) atoms. The molecule has 1 saturated heterocycles. The average molecular weight is 479 g/mol. The van der Waals surface area contributed by atoms with Crippen molar-refractivity contribution in [1.82, 2.24) is 15.1 Å². The van der Waals surface area contributed by atoms with Crippen LogP contribution in [0.25, 0.3) is 0 Å². The molecule has 1 aliphatic heterocycles. The van der Waals surface area contributed by atoms with Gasteiger partial charge in [0.25, 0.3) is 5.91 Å². The Balaban J connectivity index is 1.74. The smallest absolute Gasteiger partial charge is 0.327 e. The van der Waals surface area contributed by atoms with Gasteiger partial charge in [0, 0.05) is 25.0 Å². The van der Waals surface area contributed by atoms with Crippen LogP contribution in [-0.4, -0.2) is 59.4 Å². The number of carbonyl (C=O) groups excluding carboxylic acids is 3. The summed E-state index contributed by atoms with van der Waals surface area (Å²) in [6, 6.07) is -0.245. The van der Waals surface area contributed by atoms with Gasteiger partial charge in [0.05, 0.1) is 0 Å². The lowest BCUT2D eigenvalue weighted by molar-refractivity contribution is -0.127. The lowest BCUT2D eigenvalue weighted by Crippen LogP contribution is -2.46. The van der Waals surface area contributed by atoms with E-state index in [2.05, 4.69) is 12.2 Å². The van der Waals surface area contributed by atoms with E-state index in [1.54, 1.807) is 4.90 Å². The van der Waals surface area contributed by atoms with Crippen LogP contribution in [0.1, 0.15) is 122 Å². The van der Waals surface area contributed by atoms with E-state index < -0.39 is 0 Å². The highest BCUT2D eigenvalue weighted by Gasteiger charge is 2.41. The number of nitrogens with two attached hydrogens (primary N) is 1. The fourth-order valence-corrected chi connectivity index (χ4v) is 5.31. The number of hydrogen-bond donors (Lipinski definition) is 2. The van der Waals surface area contributed by atoms with Crippen LogP contribution in [0.3, 0.4) is 0 Å². The Morgan fingerprint density at radius 1 is 0.941 bits per heavy atom. The van der Waals surface area contributed by atoms with E-state index >= 15 is 0 Å². The molecule has 7 heteroatoms.